The fourth-order valence-corrected chi connectivity index (χ4v) is 2.39. The number of rotatable bonds is 4. The van der Waals surface area contributed by atoms with Crippen LogP contribution in [0, 0.1) is 0 Å². The molecule has 0 aliphatic heterocycles. The number of hydrogen-bond donors (Lipinski definition) is 2. The van der Waals surface area contributed by atoms with Crippen LogP contribution in [0.3, 0.4) is 0 Å². The zero-order chi connectivity index (χ0) is 14.4. The maximum absolute atomic E-state index is 11.8. The number of urea groups is 1. The van der Waals surface area contributed by atoms with E-state index in [9.17, 15) is 4.79 Å². The molecule has 0 saturated heterocycles. The van der Waals surface area contributed by atoms with Crippen LogP contribution < -0.4 is 10.6 Å². The number of allylic oxidation sites excluding steroid dienone is 4. The van der Waals surface area contributed by atoms with E-state index in [1.807, 2.05) is 43.3 Å². The van der Waals surface area contributed by atoms with Gasteiger partial charge in [-0.1, -0.05) is 48.3 Å². The molecular weight excluding hydrogens is 270 g/mol. The topological polar surface area (TPSA) is 54.0 Å². The third-order valence-corrected chi connectivity index (χ3v) is 3.34. The summed E-state index contributed by atoms with van der Waals surface area (Å²) >= 11 is 1.43. The molecule has 0 atom stereocenters. The second-order valence-electron chi connectivity index (χ2n) is 3.98. The molecule has 102 valence electrons. The van der Waals surface area contributed by atoms with E-state index in [1.54, 1.807) is 12.2 Å². The van der Waals surface area contributed by atoms with Crippen LogP contribution in [0.4, 0.5) is 9.93 Å². The van der Waals surface area contributed by atoms with Gasteiger partial charge in [-0.25, -0.2) is 9.78 Å². The van der Waals surface area contributed by atoms with Crippen molar-refractivity contribution >= 4 is 32.7 Å². The first-order valence-corrected chi connectivity index (χ1v) is 6.92. The predicted molar refractivity (Wildman–Crippen MR) is 84.9 cm³/mol. The highest BCUT2D eigenvalue weighted by molar-refractivity contribution is 7.22. The van der Waals surface area contributed by atoms with Crippen LogP contribution >= 0.6 is 11.3 Å². The Morgan fingerprint density at radius 1 is 1.35 bits per heavy atom. The summed E-state index contributed by atoms with van der Waals surface area (Å²) in [6, 6.07) is 7.39. The van der Waals surface area contributed by atoms with Crippen LogP contribution in [-0.4, -0.2) is 11.0 Å². The van der Waals surface area contributed by atoms with Crippen LogP contribution in [0.15, 0.2) is 60.8 Å². The van der Waals surface area contributed by atoms with Crippen molar-refractivity contribution < 1.29 is 4.79 Å². The summed E-state index contributed by atoms with van der Waals surface area (Å²) in [5, 5.41) is 5.89. The highest BCUT2D eigenvalue weighted by atomic mass is 32.1. The van der Waals surface area contributed by atoms with Crippen molar-refractivity contribution in [3.63, 3.8) is 0 Å². The van der Waals surface area contributed by atoms with E-state index in [-0.39, 0.29) is 6.03 Å². The second-order valence-corrected chi connectivity index (χ2v) is 5.01. The minimum atomic E-state index is -0.348. The number of carbonyl (C=O) groups excluding carboxylic acids is 1. The van der Waals surface area contributed by atoms with Crippen LogP contribution in [0.5, 0.6) is 0 Å². The molecule has 0 radical (unpaired) electrons. The number of carbonyl (C=O) groups is 1. The Hall–Kier alpha value is -2.40. The van der Waals surface area contributed by atoms with E-state index < -0.39 is 0 Å². The van der Waals surface area contributed by atoms with Gasteiger partial charge in [0, 0.05) is 5.70 Å². The van der Waals surface area contributed by atoms with E-state index >= 15 is 0 Å². The minimum absolute atomic E-state index is 0.348. The highest BCUT2D eigenvalue weighted by Crippen LogP contribution is 2.25. The van der Waals surface area contributed by atoms with Crippen LogP contribution in [-0.2, 0) is 0 Å². The Morgan fingerprint density at radius 3 is 2.90 bits per heavy atom. The van der Waals surface area contributed by atoms with Gasteiger partial charge in [-0.05, 0) is 25.1 Å². The van der Waals surface area contributed by atoms with E-state index in [4.69, 9.17) is 0 Å². The van der Waals surface area contributed by atoms with Gasteiger partial charge in [-0.15, -0.1) is 0 Å². The van der Waals surface area contributed by atoms with Gasteiger partial charge < -0.3 is 5.32 Å². The molecule has 0 unspecified atom stereocenters. The number of thiazole rings is 1. The molecule has 0 saturated carbocycles. The smallest absolute Gasteiger partial charge is 0.308 e. The summed E-state index contributed by atoms with van der Waals surface area (Å²) in [5.41, 5.74) is 1.39. The lowest BCUT2D eigenvalue weighted by atomic mass is 10.3. The van der Waals surface area contributed by atoms with Gasteiger partial charge in [-0.2, -0.15) is 0 Å². The maximum atomic E-state index is 11.8. The molecule has 4 nitrogen and oxygen atoms in total. The standard InChI is InChI=1S/C15H15N3OS/c1-3-4-5-8-11(2)16-14(19)18-15-17-12-9-6-7-10-13(12)20-15/h3-10H,2H2,1H3,(H2,16,17,18,19)/b4-3-,8-5-. The normalized spacial score (nSPS) is 11.2. The lowest BCUT2D eigenvalue weighted by molar-refractivity contribution is 0.254. The lowest BCUT2D eigenvalue weighted by Gasteiger charge is -2.03. The summed E-state index contributed by atoms with van der Waals surface area (Å²) in [6.07, 6.45) is 7.28. The SMILES string of the molecule is C=C(/C=C\C=C/C)NC(=O)Nc1nc2ccccc2s1. The first-order chi connectivity index (χ1) is 9.69. The van der Waals surface area contributed by atoms with Crippen molar-refractivity contribution in [1.29, 1.82) is 0 Å². The molecular formula is C15H15N3OS. The number of hydrogen-bond acceptors (Lipinski definition) is 3. The van der Waals surface area contributed by atoms with E-state index in [2.05, 4.69) is 22.2 Å². The number of nitrogens with zero attached hydrogens (tertiary/aromatic N) is 1. The van der Waals surface area contributed by atoms with Crippen LogP contribution in [0.1, 0.15) is 6.92 Å². The Balaban J connectivity index is 1.95. The molecule has 0 aliphatic rings. The largest absolute Gasteiger partial charge is 0.325 e. The maximum Gasteiger partial charge on any atom is 0.325 e. The molecule has 0 fully saturated rings. The number of aromatic nitrogens is 1. The molecule has 0 aliphatic carbocycles. The Labute approximate surface area is 121 Å². The highest BCUT2D eigenvalue weighted by Gasteiger charge is 2.06. The van der Waals surface area contributed by atoms with Gasteiger partial charge in [0.15, 0.2) is 5.13 Å². The molecule has 1 heterocycles. The third kappa shape index (κ3) is 3.80. The molecule has 2 N–H and O–H groups in total. The number of amides is 2. The fraction of sp³-hybridized carbons (Fsp3) is 0.0667. The molecule has 2 amide bonds. The number of benzene rings is 1. The number of anilines is 1. The number of para-hydroxylation sites is 1. The molecule has 1 aromatic heterocycles. The second kappa shape index (κ2) is 6.68. The molecule has 2 rings (SSSR count). The summed E-state index contributed by atoms with van der Waals surface area (Å²) < 4.78 is 1.04. The fourth-order valence-electron chi connectivity index (χ4n) is 1.52. The molecule has 2 aromatic rings. The van der Waals surface area contributed by atoms with Gasteiger partial charge >= 0.3 is 6.03 Å². The summed E-state index contributed by atoms with van der Waals surface area (Å²) in [5.74, 6) is 0. The van der Waals surface area contributed by atoms with E-state index in [0.717, 1.165) is 10.2 Å². The molecule has 0 bridgehead atoms. The van der Waals surface area contributed by atoms with Gasteiger partial charge in [0.25, 0.3) is 0 Å². The lowest BCUT2D eigenvalue weighted by Crippen LogP contribution is -2.26. The van der Waals surface area contributed by atoms with Crippen molar-refractivity contribution in [3.8, 4) is 0 Å². The minimum Gasteiger partial charge on any atom is -0.308 e. The molecule has 1 aromatic carbocycles. The first-order valence-electron chi connectivity index (χ1n) is 6.11. The van der Waals surface area contributed by atoms with Crippen molar-refractivity contribution in [3.05, 3.63) is 60.8 Å². The van der Waals surface area contributed by atoms with Gasteiger partial charge in [0.1, 0.15) is 0 Å². The first kappa shape index (κ1) is 14.0. The average molecular weight is 285 g/mol. The summed E-state index contributed by atoms with van der Waals surface area (Å²) in [6.45, 7) is 5.66. The average Bonchev–Trinajstić information content (AvgIpc) is 2.80. The number of fused-ring (bicyclic) bond motifs is 1. The van der Waals surface area contributed by atoms with Crippen molar-refractivity contribution in [1.82, 2.24) is 10.3 Å². The van der Waals surface area contributed by atoms with E-state index in [1.165, 1.54) is 11.3 Å². The Morgan fingerprint density at radius 2 is 2.15 bits per heavy atom. The summed E-state index contributed by atoms with van der Waals surface area (Å²) in [4.78, 5) is 16.1. The molecule has 5 heteroatoms. The predicted octanol–water partition coefficient (Wildman–Crippen LogP) is 4.06. The van der Waals surface area contributed by atoms with Crippen molar-refractivity contribution in [2.24, 2.45) is 0 Å². The monoisotopic (exact) mass is 285 g/mol. The van der Waals surface area contributed by atoms with Gasteiger partial charge in [0.2, 0.25) is 0 Å². The van der Waals surface area contributed by atoms with Gasteiger partial charge in [-0.3, -0.25) is 5.32 Å². The third-order valence-electron chi connectivity index (χ3n) is 2.39. The Kier molecular flexibility index (Phi) is 4.68. The van der Waals surface area contributed by atoms with Crippen LogP contribution in [0.25, 0.3) is 10.2 Å². The van der Waals surface area contributed by atoms with Gasteiger partial charge in [0.05, 0.1) is 10.2 Å². The zero-order valence-corrected chi connectivity index (χ0v) is 11.9. The molecule has 0 spiro atoms. The number of nitrogens with one attached hydrogen (secondary N) is 2. The molecule has 20 heavy (non-hydrogen) atoms. The summed E-state index contributed by atoms with van der Waals surface area (Å²) in [7, 11) is 0. The van der Waals surface area contributed by atoms with Crippen molar-refractivity contribution in [2.45, 2.75) is 6.92 Å². The van der Waals surface area contributed by atoms with Crippen LogP contribution in [0.2, 0.25) is 0 Å². The van der Waals surface area contributed by atoms with Crippen molar-refractivity contribution in [2.75, 3.05) is 5.32 Å². The zero-order valence-electron chi connectivity index (χ0n) is 11.1. The Bertz CT molecular complexity index is 652. The quantitative estimate of drug-likeness (QED) is 0.832. The van der Waals surface area contributed by atoms with E-state index in [0.29, 0.717) is 10.8 Å².